The first kappa shape index (κ1) is 15.1. The van der Waals surface area contributed by atoms with Gasteiger partial charge in [-0.05, 0) is 36.6 Å². The average Bonchev–Trinajstić information content (AvgIpc) is 3.07. The summed E-state index contributed by atoms with van der Waals surface area (Å²) in [6.07, 6.45) is 10.1. The predicted octanol–water partition coefficient (Wildman–Crippen LogP) is 3.66. The van der Waals surface area contributed by atoms with Crippen molar-refractivity contribution in [3.63, 3.8) is 0 Å². The van der Waals surface area contributed by atoms with Gasteiger partial charge in [0.05, 0.1) is 12.1 Å². The molecule has 1 aromatic carbocycles. The molecule has 0 radical (unpaired) electrons. The molecule has 1 aliphatic carbocycles. The van der Waals surface area contributed by atoms with Crippen LogP contribution in [0.25, 0.3) is 16.7 Å². The molecule has 5 heteroatoms. The Morgan fingerprint density at radius 2 is 2.00 bits per heavy atom. The van der Waals surface area contributed by atoms with Gasteiger partial charge in [-0.25, -0.2) is 4.98 Å². The Morgan fingerprint density at radius 3 is 2.83 bits per heavy atom. The monoisotopic (exact) mass is 322 g/mol. The van der Waals surface area contributed by atoms with Gasteiger partial charge in [-0.1, -0.05) is 31.4 Å². The molecular weight excluding hydrogens is 300 g/mol. The summed E-state index contributed by atoms with van der Waals surface area (Å²) in [7, 11) is 0. The number of aromatic nitrogens is 3. The number of hydrogen-bond donors (Lipinski definition) is 2. The molecule has 0 atom stereocenters. The zero-order chi connectivity index (χ0) is 16.4. The van der Waals surface area contributed by atoms with Crippen LogP contribution in [0.2, 0.25) is 0 Å². The lowest BCUT2D eigenvalue weighted by atomic mass is 9.96. The Balaban J connectivity index is 1.66. The van der Waals surface area contributed by atoms with E-state index in [0.717, 1.165) is 22.3 Å². The number of rotatable bonds is 4. The SMILES string of the molecule is OCc1cccc2c1ccn2-c1ccnc(NC2CCCCC2)n1. The molecule has 2 aromatic heterocycles. The molecule has 24 heavy (non-hydrogen) atoms. The van der Waals surface area contributed by atoms with Gasteiger partial charge in [-0.15, -0.1) is 0 Å². The lowest BCUT2D eigenvalue weighted by Gasteiger charge is -2.22. The van der Waals surface area contributed by atoms with Crippen molar-refractivity contribution in [1.29, 1.82) is 0 Å². The molecule has 2 N–H and O–H groups in total. The summed E-state index contributed by atoms with van der Waals surface area (Å²) in [4.78, 5) is 9.07. The third-order valence-corrected chi connectivity index (χ3v) is 4.82. The van der Waals surface area contributed by atoms with Crippen molar-refractivity contribution in [2.75, 3.05) is 5.32 Å². The van der Waals surface area contributed by atoms with Crippen LogP contribution in [0.4, 0.5) is 5.95 Å². The van der Waals surface area contributed by atoms with Gasteiger partial charge in [0.15, 0.2) is 0 Å². The van der Waals surface area contributed by atoms with Crippen LogP contribution in [-0.2, 0) is 6.61 Å². The molecule has 0 unspecified atom stereocenters. The van der Waals surface area contributed by atoms with E-state index in [0.29, 0.717) is 12.0 Å². The summed E-state index contributed by atoms with van der Waals surface area (Å²) >= 11 is 0. The van der Waals surface area contributed by atoms with E-state index >= 15 is 0 Å². The molecule has 1 fully saturated rings. The molecule has 124 valence electrons. The molecule has 4 rings (SSSR count). The highest BCUT2D eigenvalue weighted by molar-refractivity contribution is 5.85. The molecule has 2 heterocycles. The second kappa shape index (κ2) is 6.61. The van der Waals surface area contributed by atoms with Gasteiger partial charge in [0.25, 0.3) is 0 Å². The minimum Gasteiger partial charge on any atom is -0.392 e. The zero-order valence-corrected chi connectivity index (χ0v) is 13.7. The Bertz CT molecular complexity index is 836. The molecule has 0 aliphatic heterocycles. The van der Waals surface area contributed by atoms with Crippen molar-refractivity contribution in [3.8, 4) is 5.82 Å². The maximum absolute atomic E-state index is 9.50. The Labute approximate surface area is 141 Å². The molecule has 3 aromatic rings. The first-order valence-corrected chi connectivity index (χ1v) is 8.65. The third kappa shape index (κ3) is 2.87. The fourth-order valence-electron chi connectivity index (χ4n) is 3.55. The highest BCUT2D eigenvalue weighted by Crippen LogP contribution is 2.24. The molecule has 1 aliphatic rings. The van der Waals surface area contributed by atoms with Crippen molar-refractivity contribution >= 4 is 16.9 Å². The Hall–Kier alpha value is -2.40. The number of aliphatic hydroxyl groups is 1. The van der Waals surface area contributed by atoms with Crippen LogP contribution in [0.1, 0.15) is 37.7 Å². The fourth-order valence-corrected chi connectivity index (χ4v) is 3.55. The van der Waals surface area contributed by atoms with Crippen LogP contribution in [0.15, 0.2) is 42.7 Å². The van der Waals surface area contributed by atoms with Gasteiger partial charge in [0.2, 0.25) is 5.95 Å². The fraction of sp³-hybridized carbons (Fsp3) is 0.368. The molecular formula is C19H22N4O. The predicted molar refractivity (Wildman–Crippen MR) is 95.3 cm³/mol. The minimum atomic E-state index is 0.0413. The lowest BCUT2D eigenvalue weighted by Crippen LogP contribution is -2.23. The largest absolute Gasteiger partial charge is 0.392 e. The standard InChI is InChI=1S/C19H22N4O/c24-13-14-5-4-8-17-16(14)10-12-23(17)18-9-11-20-19(22-18)21-15-6-2-1-3-7-15/h4-5,8-12,15,24H,1-3,6-7,13H2,(H,20,21,22). The van der Waals surface area contributed by atoms with Gasteiger partial charge < -0.3 is 15.0 Å². The lowest BCUT2D eigenvalue weighted by molar-refractivity contribution is 0.283. The number of hydrogen-bond acceptors (Lipinski definition) is 4. The highest BCUT2D eigenvalue weighted by atomic mass is 16.3. The minimum absolute atomic E-state index is 0.0413. The maximum atomic E-state index is 9.50. The number of benzene rings is 1. The zero-order valence-electron chi connectivity index (χ0n) is 13.7. The number of nitrogens with one attached hydrogen (secondary N) is 1. The molecule has 0 spiro atoms. The van der Waals surface area contributed by atoms with Gasteiger partial charge in [0, 0.05) is 23.8 Å². The van der Waals surface area contributed by atoms with Crippen molar-refractivity contribution < 1.29 is 5.11 Å². The third-order valence-electron chi connectivity index (χ3n) is 4.82. The summed E-state index contributed by atoms with van der Waals surface area (Å²) in [5.41, 5.74) is 1.98. The van der Waals surface area contributed by atoms with Gasteiger partial charge >= 0.3 is 0 Å². The Morgan fingerprint density at radius 1 is 1.12 bits per heavy atom. The van der Waals surface area contributed by atoms with Crippen molar-refractivity contribution in [1.82, 2.24) is 14.5 Å². The van der Waals surface area contributed by atoms with E-state index in [2.05, 4.69) is 10.3 Å². The second-order valence-electron chi connectivity index (χ2n) is 6.41. The summed E-state index contributed by atoms with van der Waals surface area (Å²) in [5, 5.41) is 14.0. The van der Waals surface area contributed by atoms with E-state index in [1.807, 2.05) is 41.1 Å². The smallest absolute Gasteiger partial charge is 0.224 e. The number of nitrogens with zero attached hydrogens (tertiary/aromatic N) is 3. The Kier molecular flexibility index (Phi) is 4.17. The van der Waals surface area contributed by atoms with Crippen LogP contribution in [0, 0.1) is 0 Å². The van der Waals surface area contributed by atoms with Gasteiger partial charge in [0.1, 0.15) is 5.82 Å². The van der Waals surface area contributed by atoms with E-state index in [1.54, 1.807) is 6.20 Å². The summed E-state index contributed by atoms with van der Waals surface area (Å²) in [5.74, 6) is 1.54. The first-order valence-electron chi connectivity index (χ1n) is 8.65. The van der Waals surface area contributed by atoms with Crippen LogP contribution in [0.3, 0.4) is 0 Å². The summed E-state index contributed by atoms with van der Waals surface area (Å²) in [6.45, 7) is 0.0413. The van der Waals surface area contributed by atoms with Crippen LogP contribution >= 0.6 is 0 Å². The van der Waals surface area contributed by atoms with Crippen molar-refractivity contribution in [2.24, 2.45) is 0 Å². The topological polar surface area (TPSA) is 63.0 Å². The molecule has 0 amide bonds. The first-order chi connectivity index (χ1) is 11.8. The maximum Gasteiger partial charge on any atom is 0.224 e. The van der Waals surface area contributed by atoms with Crippen molar-refractivity contribution in [2.45, 2.75) is 44.8 Å². The summed E-state index contributed by atoms with van der Waals surface area (Å²) < 4.78 is 2.04. The van der Waals surface area contributed by atoms with E-state index in [9.17, 15) is 5.11 Å². The van der Waals surface area contributed by atoms with Gasteiger partial charge in [-0.3, -0.25) is 0 Å². The number of aliphatic hydroxyl groups excluding tert-OH is 1. The number of anilines is 1. The van der Waals surface area contributed by atoms with E-state index in [1.165, 1.54) is 32.1 Å². The van der Waals surface area contributed by atoms with E-state index in [4.69, 9.17) is 4.98 Å². The average molecular weight is 322 g/mol. The van der Waals surface area contributed by atoms with Crippen molar-refractivity contribution in [3.05, 3.63) is 48.3 Å². The van der Waals surface area contributed by atoms with Crippen LogP contribution in [-0.4, -0.2) is 25.7 Å². The quantitative estimate of drug-likeness (QED) is 0.769. The number of fused-ring (bicyclic) bond motifs is 1. The van der Waals surface area contributed by atoms with E-state index < -0.39 is 0 Å². The van der Waals surface area contributed by atoms with E-state index in [-0.39, 0.29) is 6.61 Å². The summed E-state index contributed by atoms with van der Waals surface area (Å²) in [6, 6.07) is 10.4. The highest BCUT2D eigenvalue weighted by Gasteiger charge is 2.14. The second-order valence-corrected chi connectivity index (χ2v) is 6.41. The molecule has 1 saturated carbocycles. The van der Waals surface area contributed by atoms with Gasteiger partial charge in [-0.2, -0.15) is 4.98 Å². The molecule has 0 saturated heterocycles. The molecule has 5 nitrogen and oxygen atoms in total. The normalized spacial score (nSPS) is 15.7. The molecule has 0 bridgehead atoms. The van der Waals surface area contributed by atoms with Crippen LogP contribution in [0.5, 0.6) is 0 Å². The van der Waals surface area contributed by atoms with Crippen LogP contribution < -0.4 is 5.32 Å².